The van der Waals surface area contributed by atoms with E-state index in [-0.39, 0.29) is 35.8 Å². The maximum Gasteiger partial charge on any atom is 0.243 e. The van der Waals surface area contributed by atoms with Gasteiger partial charge in [0.25, 0.3) is 0 Å². The molecule has 1 aromatic carbocycles. The maximum absolute atomic E-state index is 12.6. The van der Waals surface area contributed by atoms with Crippen LogP contribution < -0.4 is 4.31 Å². The summed E-state index contributed by atoms with van der Waals surface area (Å²) in [6, 6.07) is 5.21. The minimum absolute atomic E-state index is 0.0137. The molecule has 0 atom stereocenters. The van der Waals surface area contributed by atoms with Gasteiger partial charge in [0.05, 0.1) is 16.3 Å². The molecule has 0 unspecified atom stereocenters. The molecule has 0 aromatic heterocycles. The summed E-state index contributed by atoms with van der Waals surface area (Å²) in [7, 11) is -7.42. The Morgan fingerprint density at radius 2 is 1.60 bits per heavy atom. The van der Waals surface area contributed by atoms with E-state index in [2.05, 4.69) is 0 Å². The topological polar surface area (TPSA) is 112 Å². The number of rotatable bonds is 4. The van der Waals surface area contributed by atoms with Crippen molar-refractivity contribution < 1.29 is 26.4 Å². The molecule has 0 bridgehead atoms. The Hall–Kier alpha value is -1.98. The van der Waals surface area contributed by atoms with Crippen LogP contribution >= 0.6 is 0 Å². The highest BCUT2D eigenvalue weighted by molar-refractivity contribution is 7.94. The Bertz CT molecular complexity index is 887. The molecule has 0 radical (unpaired) electrons. The van der Waals surface area contributed by atoms with Crippen molar-refractivity contribution in [2.45, 2.75) is 11.3 Å². The van der Waals surface area contributed by atoms with Crippen molar-refractivity contribution >= 4 is 38.1 Å². The van der Waals surface area contributed by atoms with E-state index in [1.165, 1.54) is 33.5 Å². The lowest BCUT2D eigenvalue weighted by Crippen LogP contribution is -2.47. The van der Waals surface area contributed by atoms with E-state index < -0.39 is 26.0 Å². The van der Waals surface area contributed by atoms with Crippen LogP contribution in [-0.2, 0) is 29.6 Å². The van der Waals surface area contributed by atoms with Gasteiger partial charge in [0.15, 0.2) is 0 Å². The largest absolute Gasteiger partial charge is 0.343 e. The van der Waals surface area contributed by atoms with Crippen LogP contribution in [0, 0.1) is 0 Å². The van der Waals surface area contributed by atoms with E-state index in [9.17, 15) is 26.4 Å². The molecule has 2 saturated heterocycles. The number of hydrogen-bond donors (Lipinski definition) is 0. The molecule has 2 amide bonds. The minimum atomic E-state index is -3.74. The summed E-state index contributed by atoms with van der Waals surface area (Å²) in [6.07, 6.45) is 0.607. The highest BCUT2D eigenvalue weighted by atomic mass is 32.2. The normalized spacial score (nSPS) is 21.5. The first-order valence-electron chi connectivity index (χ1n) is 7.61. The molecule has 2 heterocycles. The first-order valence-corrected chi connectivity index (χ1v) is 10.7. The van der Waals surface area contributed by atoms with Gasteiger partial charge in [-0.1, -0.05) is 0 Å². The fraction of sp³-hybridized carbons (Fsp3) is 0.429. The van der Waals surface area contributed by atoms with E-state index in [1.807, 2.05) is 0 Å². The molecule has 0 spiro atoms. The molecule has 3 rings (SSSR count). The van der Waals surface area contributed by atoms with E-state index in [1.54, 1.807) is 0 Å². The van der Waals surface area contributed by atoms with E-state index >= 15 is 0 Å². The Morgan fingerprint density at radius 1 is 1.00 bits per heavy atom. The lowest BCUT2D eigenvalue weighted by atomic mass is 10.3. The summed E-state index contributed by atoms with van der Waals surface area (Å²) in [6.45, 7) is 1.03. The highest BCUT2D eigenvalue weighted by Crippen LogP contribution is 2.27. The zero-order valence-corrected chi connectivity index (χ0v) is 14.9. The van der Waals surface area contributed by atoms with Crippen LogP contribution in [0.25, 0.3) is 0 Å². The van der Waals surface area contributed by atoms with Gasteiger partial charge in [-0.2, -0.15) is 4.31 Å². The third kappa shape index (κ3) is 3.26. The molecule has 11 heteroatoms. The number of nitrogens with zero attached hydrogens (tertiary/aromatic N) is 3. The number of sulfonamides is 2. The van der Waals surface area contributed by atoms with Crippen LogP contribution in [0.3, 0.4) is 0 Å². The number of benzene rings is 1. The van der Waals surface area contributed by atoms with Crippen LogP contribution in [0.4, 0.5) is 5.69 Å². The minimum Gasteiger partial charge on any atom is -0.343 e. The zero-order chi connectivity index (χ0) is 18.2. The van der Waals surface area contributed by atoms with Gasteiger partial charge in [-0.05, 0) is 24.3 Å². The van der Waals surface area contributed by atoms with Crippen LogP contribution in [0.1, 0.15) is 6.42 Å². The Labute approximate surface area is 145 Å². The van der Waals surface area contributed by atoms with Crippen LogP contribution in [-0.4, -0.2) is 70.3 Å². The zero-order valence-electron chi connectivity index (χ0n) is 13.2. The van der Waals surface area contributed by atoms with E-state index in [0.29, 0.717) is 23.8 Å². The molecule has 2 aliphatic rings. The van der Waals surface area contributed by atoms with Gasteiger partial charge in [0.2, 0.25) is 32.4 Å². The first-order chi connectivity index (χ1) is 11.8. The molecular formula is C14H17N3O6S2. The standard InChI is InChI=1S/C14H17N3O6S2/c18-11-15-6-8-16(9-7-15)25(22,23)13-3-1-12(2-4-13)17-14(19)5-10-24(17,20)21/h1-4,11H,5-10H2. The third-order valence-corrected chi connectivity index (χ3v) is 7.81. The number of anilines is 1. The second kappa shape index (κ2) is 6.39. The highest BCUT2D eigenvalue weighted by Gasteiger charge is 2.36. The second-order valence-corrected chi connectivity index (χ2v) is 9.64. The summed E-state index contributed by atoms with van der Waals surface area (Å²) in [5.74, 6) is -0.770. The quantitative estimate of drug-likeness (QED) is 0.626. The summed E-state index contributed by atoms with van der Waals surface area (Å²) in [5.41, 5.74) is 0.132. The smallest absolute Gasteiger partial charge is 0.243 e. The molecule has 0 aliphatic carbocycles. The third-order valence-electron chi connectivity index (χ3n) is 4.21. The first kappa shape index (κ1) is 17.8. The van der Waals surface area contributed by atoms with Gasteiger partial charge in [0.1, 0.15) is 0 Å². The Kier molecular flexibility index (Phi) is 4.56. The second-order valence-electron chi connectivity index (χ2n) is 5.76. The Balaban J connectivity index is 1.83. The summed E-state index contributed by atoms with van der Waals surface area (Å²) >= 11 is 0. The van der Waals surface area contributed by atoms with Gasteiger partial charge >= 0.3 is 0 Å². The van der Waals surface area contributed by atoms with Gasteiger partial charge in [-0.25, -0.2) is 21.1 Å². The average molecular weight is 387 g/mol. The number of piperazine rings is 1. The van der Waals surface area contributed by atoms with Crippen LogP contribution in [0.15, 0.2) is 29.2 Å². The van der Waals surface area contributed by atoms with Crippen molar-refractivity contribution in [1.82, 2.24) is 9.21 Å². The fourth-order valence-electron chi connectivity index (χ4n) is 2.82. The predicted octanol–water partition coefficient (Wildman–Crippen LogP) is -0.784. The number of amides is 2. The van der Waals surface area contributed by atoms with Crippen molar-refractivity contribution in [1.29, 1.82) is 0 Å². The molecule has 2 fully saturated rings. The van der Waals surface area contributed by atoms with E-state index in [4.69, 9.17) is 0 Å². The number of carbonyl (C=O) groups is 2. The lowest BCUT2D eigenvalue weighted by molar-refractivity contribution is -0.119. The lowest BCUT2D eigenvalue weighted by Gasteiger charge is -2.31. The molecule has 2 aliphatic heterocycles. The van der Waals surface area contributed by atoms with E-state index in [0.717, 1.165) is 0 Å². The van der Waals surface area contributed by atoms with Crippen molar-refractivity contribution in [3.05, 3.63) is 24.3 Å². The van der Waals surface area contributed by atoms with Crippen molar-refractivity contribution in [2.24, 2.45) is 0 Å². The fourth-order valence-corrected chi connectivity index (χ4v) is 5.70. The molecular weight excluding hydrogens is 370 g/mol. The number of carbonyl (C=O) groups excluding carboxylic acids is 2. The molecule has 1 aromatic rings. The van der Waals surface area contributed by atoms with Crippen molar-refractivity contribution in [3.8, 4) is 0 Å². The predicted molar refractivity (Wildman–Crippen MR) is 88.7 cm³/mol. The summed E-state index contributed by atoms with van der Waals surface area (Å²) in [5, 5.41) is 0. The van der Waals surface area contributed by atoms with Gasteiger partial charge in [0, 0.05) is 32.6 Å². The van der Waals surface area contributed by atoms with Gasteiger partial charge < -0.3 is 4.90 Å². The summed E-state index contributed by atoms with van der Waals surface area (Å²) in [4.78, 5) is 24.0. The van der Waals surface area contributed by atoms with Crippen molar-refractivity contribution in [3.63, 3.8) is 0 Å². The summed E-state index contributed by atoms with van der Waals surface area (Å²) < 4.78 is 51.1. The number of hydrogen-bond acceptors (Lipinski definition) is 6. The maximum atomic E-state index is 12.6. The molecule has 25 heavy (non-hydrogen) atoms. The monoisotopic (exact) mass is 387 g/mol. The molecule has 0 saturated carbocycles. The molecule has 0 N–H and O–H groups in total. The van der Waals surface area contributed by atoms with Gasteiger partial charge in [-0.15, -0.1) is 0 Å². The van der Waals surface area contributed by atoms with Crippen LogP contribution in [0.5, 0.6) is 0 Å². The average Bonchev–Trinajstić information content (AvgIpc) is 2.88. The van der Waals surface area contributed by atoms with Crippen molar-refractivity contribution in [2.75, 3.05) is 36.2 Å². The Morgan fingerprint density at radius 3 is 2.08 bits per heavy atom. The molecule has 9 nitrogen and oxygen atoms in total. The van der Waals surface area contributed by atoms with Gasteiger partial charge in [-0.3, -0.25) is 9.59 Å². The molecule has 136 valence electrons. The van der Waals surface area contributed by atoms with Crippen LogP contribution in [0.2, 0.25) is 0 Å². The SMILES string of the molecule is O=CN1CCN(S(=O)(=O)c2ccc(N3C(=O)CCS3(=O)=O)cc2)CC1.